The molecule has 0 bridgehead atoms. The number of H-pyrrole nitrogens is 1. The van der Waals surface area contributed by atoms with E-state index in [0.717, 1.165) is 39.4 Å². The van der Waals surface area contributed by atoms with Gasteiger partial charge in [-0.3, -0.25) is 4.79 Å². The third-order valence-corrected chi connectivity index (χ3v) is 4.71. The van der Waals surface area contributed by atoms with E-state index >= 15 is 0 Å². The Morgan fingerprint density at radius 3 is 2.62 bits per heavy atom. The number of carbonyl (C=O) groups excluding carboxylic acids is 1. The molecule has 1 aromatic heterocycles. The molecule has 0 fully saturated rings. The number of nitrogens with one attached hydrogen (secondary N) is 1. The summed E-state index contributed by atoms with van der Waals surface area (Å²) in [5.41, 5.74) is 4.77. The molecular formula is C20H20N4O2. The Kier molecular flexibility index (Phi) is 3.95. The molecule has 3 aromatic rings. The van der Waals surface area contributed by atoms with Crippen LogP contribution in [-0.2, 0) is 4.79 Å². The standard InChI is InChI=1S/C20H20N4O2/c1-12-10-18(25)24(2)23-19(12)14-6-9-16-17(11-14)22-20(21-16)13-4-7-15(26-3)8-5-13/h4-9,11-12H,10H2,1-3H3,(H,21,22). The van der Waals surface area contributed by atoms with Gasteiger partial charge in [0.25, 0.3) is 0 Å². The zero-order valence-electron chi connectivity index (χ0n) is 15.0. The van der Waals surface area contributed by atoms with Crippen molar-refractivity contribution in [3.8, 4) is 17.1 Å². The van der Waals surface area contributed by atoms with Crippen molar-refractivity contribution in [2.45, 2.75) is 13.3 Å². The monoisotopic (exact) mass is 348 g/mol. The van der Waals surface area contributed by atoms with Crippen molar-refractivity contribution in [3.63, 3.8) is 0 Å². The number of rotatable bonds is 3. The van der Waals surface area contributed by atoms with E-state index in [1.165, 1.54) is 5.01 Å². The Morgan fingerprint density at radius 2 is 1.88 bits per heavy atom. The molecule has 2 heterocycles. The number of aromatic nitrogens is 2. The number of carbonyl (C=O) groups is 1. The first-order valence-corrected chi connectivity index (χ1v) is 8.55. The summed E-state index contributed by atoms with van der Waals surface area (Å²) in [5, 5.41) is 5.88. The number of nitrogens with zero attached hydrogens (tertiary/aromatic N) is 3. The third-order valence-electron chi connectivity index (χ3n) is 4.71. The molecule has 0 saturated carbocycles. The number of ether oxygens (including phenoxy) is 1. The fourth-order valence-electron chi connectivity index (χ4n) is 3.20. The van der Waals surface area contributed by atoms with Crippen LogP contribution in [0.2, 0.25) is 0 Å². The maximum Gasteiger partial charge on any atom is 0.243 e. The van der Waals surface area contributed by atoms with Gasteiger partial charge in [-0.15, -0.1) is 0 Å². The molecule has 1 aliphatic heterocycles. The van der Waals surface area contributed by atoms with Gasteiger partial charge in [0.2, 0.25) is 5.91 Å². The van der Waals surface area contributed by atoms with Crippen LogP contribution in [0, 0.1) is 5.92 Å². The first kappa shape index (κ1) is 16.3. The molecule has 26 heavy (non-hydrogen) atoms. The topological polar surface area (TPSA) is 70.6 Å². The van der Waals surface area contributed by atoms with E-state index in [2.05, 4.69) is 15.1 Å². The second-order valence-electron chi connectivity index (χ2n) is 6.55. The highest BCUT2D eigenvalue weighted by Gasteiger charge is 2.25. The van der Waals surface area contributed by atoms with Gasteiger partial charge in [-0.05, 0) is 36.4 Å². The van der Waals surface area contributed by atoms with E-state index < -0.39 is 0 Å². The molecule has 6 nitrogen and oxygen atoms in total. The van der Waals surface area contributed by atoms with Crippen LogP contribution in [0.5, 0.6) is 5.75 Å². The molecular weight excluding hydrogens is 328 g/mol. The SMILES string of the molecule is COc1ccc(-c2nc3ccc(C4=NN(C)C(=O)CC4C)cc3[nH]2)cc1. The highest BCUT2D eigenvalue weighted by Crippen LogP contribution is 2.26. The van der Waals surface area contributed by atoms with Crippen LogP contribution in [-0.4, -0.2) is 40.8 Å². The van der Waals surface area contributed by atoms with E-state index in [1.807, 2.05) is 49.4 Å². The Hall–Kier alpha value is -3.15. The van der Waals surface area contributed by atoms with Crippen molar-refractivity contribution in [2.75, 3.05) is 14.2 Å². The Bertz CT molecular complexity index is 1000. The number of imidazole rings is 1. The van der Waals surface area contributed by atoms with E-state index in [4.69, 9.17) is 4.74 Å². The van der Waals surface area contributed by atoms with Gasteiger partial charge >= 0.3 is 0 Å². The van der Waals surface area contributed by atoms with Crippen molar-refractivity contribution >= 4 is 22.7 Å². The smallest absolute Gasteiger partial charge is 0.243 e. The second kappa shape index (κ2) is 6.29. The van der Waals surface area contributed by atoms with Crippen LogP contribution in [0.4, 0.5) is 0 Å². The van der Waals surface area contributed by atoms with Gasteiger partial charge < -0.3 is 9.72 Å². The lowest BCUT2D eigenvalue weighted by Crippen LogP contribution is -2.33. The lowest BCUT2D eigenvalue weighted by Gasteiger charge is -2.24. The Labute approximate surface area is 151 Å². The van der Waals surface area contributed by atoms with E-state index in [9.17, 15) is 4.79 Å². The first-order chi connectivity index (χ1) is 12.5. The number of aromatic amines is 1. The van der Waals surface area contributed by atoms with Crippen LogP contribution in [0.15, 0.2) is 47.6 Å². The van der Waals surface area contributed by atoms with Crippen LogP contribution >= 0.6 is 0 Å². The van der Waals surface area contributed by atoms with Crippen LogP contribution < -0.4 is 4.74 Å². The third kappa shape index (κ3) is 2.83. The van der Waals surface area contributed by atoms with Crippen molar-refractivity contribution < 1.29 is 9.53 Å². The van der Waals surface area contributed by atoms with Gasteiger partial charge in [-0.2, -0.15) is 5.10 Å². The Balaban J connectivity index is 1.72. The molecule has 1 amide bonds. The van der Waals surface area contributed by atoms with Gasteiger partial charge in [0, 0.05) is 30.5 Å². The minimum absolute atomic E-state index is 0.0469. The lowest BCUT2D eigenvalue weighted by atomic mass is 9.93. The minimum Gasteiger partial charge on any atom is -0.497 e. The molecule has 1 N–H and O–H groups in total. The average molecular weight is 348 g/mol. The van der Waals surface area contributed by atoms with E-state index in [1.54, 1.807) is 14.2 Å². The molecule has 4 rings (SSSR count). The quantitative estimate of drug-likeness (QED) is 0.788. The molecule has 0 spiro atoms. The maximum atomic E-state index is 11.8. The molecule has 1 aliphatic rings. The van der Waals surface area contributed by atoms with E-state index in [-0.39, 0.29) is 11.8 Å². The zero-order chi connectivity index (χ0) is 18.3. The number of hydrogen-bond donors (Lipinski definition) is 1. The first-order valence-electron chi connectivity index (χ1n) is 8.55. The predicted molar refractivity (Wildman–Crippen MR) is 101 cm³/mol. The molecule has 0 aliphatic carbocycles. The molecule has 0 saturated heterocycles. The maximum absolute atomic E-state index is 11.8. The molecule has 6 heteroatoms. The molecule has 1 atom stereocenters. The fourth-order valence-corrected chi connectivity index (χ4v) is 3.20. The highest BCUT2D eigenvalue weighted by molar-refractivity contribution is 6.07. The fraction of sp³-hybridized carbons (Fsp3) is 0.250. The summed E-state index contributed by atoms with van der Waals surface area (Å²) in [6, 6.07) is 13.8. The van der Waals surface area contributed by atoms with Crippen molar-refractivity contribution in [2.24, 2.45) is 11.0 Å². The largest absolute Gasteiger partial charge is 0.497 e. The number of fused-ring (bicyclic) bond motifs is 1. The number of amides is 1. The summed E-state index contributed by atoms with van der Waals surface area (Å²) in [6.45, 7) is 2.03. The summed E-state index contributed by atoms with van der Waals surface area (Å²) in [6.07, 6.45) is 0.480. The summed E-state index contributed by atoms with van der Waals surface area (Å²) in [5.74, 6) is 1.77. The summed E-state index contributed by atoms with van der Waals surface area (Å²) in [7, 11) is 3.35. The normalized spacial score (nSPS) is 17.5. The minimum atomic E-state index is 0.0469. The number of hydrogen-bond acceptors (Lipinski definition) is 4. The van der Waals surface area contributed by atoms with Crippen LogP contribution in [0.1, 0.15) is 18.9 Å². The highest BCUT2D eigenvalue weighted by atomic mass is 16.5. The molecule has 1 unspecified atom stereocenters. The summed E-state index contributed by atoms with van der Waals surface area (Å²) >= 11 is 0. The number of methoxy groups -OCH3 is 1. The van der Waals surface area contributed by atoms with E-state index in [0.29, 0.717) is 6.42 Å². The van der Waals surface area contributed by atoms with Crippen LogP contribution in [0.3, 0.4) is 0 Å². The van der Waals surface area contributed by atoms with Gasteiger partial charge in [-0.1, -0.05) is 13.0 Å². The average Bonchev–Trinajstić information content (AvgIpc) is 3.08. The second-order valence-corrected chi connectivity index (χ2v) is 6.55. The van der Waals surface area contributed by atoms with Crippen molar-refractivity contribution in [1.29, 1.82) is 0 Å². The van der Waals surface area contributed by atoms with Gasteiger partial charge in [0.1, 0.15) is 11.6 Å². The van der Waals surface area contributed by atoms with Gasteiger partial charge in [-0.25, -0.2) is 9.99 Å². The molecule has 2 aromatic carbocycles. The van der Waals surface area contributed by atoms with Gasteiger partial charge in [0.15, 0.2) is 0 Å². The summed E-state index contributed by atoms with van der Waals surface area (Å²) < 4.78 is 5.20. The van der Waals surface area contributed by atoms with Crippen molar-refractivity contribution in [1.82, 2.24) is 15.0 Å². The number of hydrazone groups is 1. The van der Waals surface area contributed by atoms with Gasteiger partial charge in [0.05, 0.1) is 23.9 Å². The molecule has 132 valence electrons. The van der Waals surface area contributed by atoms with Crippen molar-refractivity contribution in [3.05, 3.63) is 48.0 Å². The predicted octanol–water partition coefficient (Wildman–Crippen LogP) is 3.44. The molecule has 0 radical (unpaired) electrons. The summed E-state index contributed by atoms with van der Waals surface area (Å²) in [4.78, 5) is 19.8. The lowest BCUT2D eigenvalue weighted by molar-refractivity contribution is -0.131. The van der Waals surface area contributed by atoms with Crippen LogP contribution in [0.25, 0.3) is 22.4 Å². The number of benzene rings is 2. The zero-order valence-corrected chi connectivity index (χ0v) is 15.0. The Morgan fingerprint density at radius 1 is 1.15 bits per heavy atom.